The van der Waals surface area contributed by atoms with Crippen LogP contribution < -0.4 is 10.0 Å². The molecule has 31 heavy (non-hydrogen) atoms. The van der Waals surface area contributed by atoms with Crippen molar-refractivity contribution in [2.45, 2.75) is 37.9 Å². The van der Waals surface area contributed by atoms with Crippen LogP contribution in [0.1, 0.15) is 30.9 Å². The van der Waals surface area contributed by atoms with Crippen LogP contribution in [0.15, 0.2) is 23.3 Å². The Bertz CT molecular complexity index is 1160. The van der Waals surface area contributed by atoms with Crippen LogP contribution in [0.2, 0.25) is 0 Å². The Balaban J connectivity index is 1.57. The summed E-state index contributed by atoms with van der Waals surface area (Å²) >= 11 is 0. The minimum absolute atomic E-state index is 0.107. The van der Waals surface area contributed by atoms with Crippen LogP contribution in [0, 0.1) is 0 Å². The quantitative estimate of drug-likeness (QED) is 0.340. The number of imidazole rings is 1. The van der Waals surface area contributed by atoms with Crippen LogP contribution in [-0.2, 0) is 21.2 Å². The minimum atomic E-state index is -3.37. The first-order valence-electron chi connectivity index (χ1n) is 9.63. The summed E-state index contributed by atoms with van der Waals surface area (Å²) in [6.07, 6.45) is 0.381. The van der Waals surface area contributed by atoms with E-state index in [2.05, 4.69) is 30.0 Å². The van der Waals surface area contributed by atoms with Crippen molar-refractivity contribution in [3.8, 4) is 0 Å². The van der Waals surface area contributed by atoms with Crippen molar-refractivity contribution in [2.75, 3.05) is 24.7 Å². The number of hydrogen-bond acceptors (Lipinski definition) is 11. The molecular weight excluding hydrogens is 430 g/mol. The van der Waals surface area contributed by atoms with Crippen LogP contribution in [0.5, 0.6) is 0 Å². The number of ether oxygens (including phenoxy) is 1. The van der Waals surface area contributed by atoms with Gasteiger partial charge in [0.25, 0.3) is 0 Å². The smallest absolute Gasteiger partial charge is 0.226 e. The molecule has 13 nitrogen and oxygen atoms in total. The highest BCUT2D eigenvalue weighted by molar-refractivity contribution is 7.89. The number of nitrogens with zero attached hydrogens (tertiary/aromatic N) is 5. The van der Waals surface area contributed by atoms with Gasteiger partial charge >= 0.3 is 0 Å². The number of hydrogen-bond donors (Lipinski definition) is 4. The Morgan fingerprint density at radius 1 is 1.19 bits per heavy atom. The molecule has 0 bridgehead atoms. The largest absolute Gasteiger partial charge is 0.443 e. The fourth-order valence-electron chi connectivity index (χ4n) is 3.28. The van der Waals surface area contributed by atoms with E-state index in [4.69, 9.17) is 9.15 Å². The minimum Gasteiger partial charge on any atom is -0.443 e. The van der Waals surface area contributed by atoms with E-state index in [-0.39, 0.29) is 18.2 Å². The van der Waals surface area contributed by atoms with E-state index in [1.54, 1.807) is 6.20 Å². The Kier molecular flexibility index (Phi) is 5.90. The highest BCUT2D eigenvalue weighted by atomic mass is 32.2. The van der Waals surface area contributed by atoms with Gasteiger partial charge in [0.15, 0.2) is 29.3 Å². The summed E-state index contributed by atoms with van der Waals surface area (Å²) in [7, 11) is -2.03. The predicted octanol–water partition coefficient (Wildman–Crippen LogP) is -0.670. The number of rotatable bonds is 8. The number of aliphatic hydroxyl groups excluding tert-OH is 2. The van der Waals surface area contributed by atoms with Crippen LogP contribution >= 0.6 is 0 Å². The molecule has 4 atom stereocenters. The fraction of sp³-hybridized carbons (Fsp3) is 0.529. The second kappa shape index (κ2) is 8.47. The summed E-state index contributed by atoms with van der Waals surface area (Å²) in [6, 6.07) is 0. The summed E-state index contributed by atoms with van der Waals surface area (Å²) in [5.41, 5.74) is 0.704. The SMILES string of the molecule is CCc1cnc([C@H]2O[C@@H](n3cnc4c(NCCS(=O)(=O)NC)ncnc43)[C@@H](O)[C@@H]2O)o1. The topological polar surface area (TPSA) is 178 Å². The molecule has 0 unspecified atom stereocenters. The molecule has 0 aromatic carbocycles. The van der Waals surface area contributed by atoms with Gasteiger partial charge in [0.1, 0.15) is 24.3 Å². The van der Waals surface area contributed by atoms with Gasteiger partial charge in [-0.3, -0.25) is 4.57 Å². The van der Waals surface area contributed by atoms with Crippen LogP contribution in [-0.4, -0.2) is 74.7 Å². The number of oxazole rings is 1. The maximum atomic E-state index is 11.6. The molecule has 0 radical (unpaired) electrons. The van der Waals surface area contributed by atoms with Crippen LogP contribution in [0.3, 0.4) is 0 Å². The van der Waals surface area contributed by atoms with Gasteiger partial charge in [-0.25, -0.2) is 33.1 Å². The molecule has 4 rings (SSSR count). The van der Waals surface area contributed by atoms with E-state index in [1.807, 2.05) is 6.92 Å². The summed E-state index contributed by atoms with van der Waals surface area (Å²) < 4.78 is 38.3. The molecule has 0 saturated carbocycles. The van der Waals surface area contributed by atoms with Gasteiger partial charge in [-0.05, 0) is 7.05 Å². The summed E-state index contributed by atoms with van der Waals surface area (Å²) in [5, 5.41) is 24.0. The van der Waals surface area contributed by atoms with Gasteiger partial charge in [0.05, 0.1) is 18.3 Å². The molecule has 1 aliphatic heterocycles. The third-order valence-corrected chi connectivity index (χ3v) is 6.37. The molecule has 1 fully saturated rings. The molecule has 0 amide bonds. The lowest BCUT2D eigenvalue weighted by Gasteiger charge is -2.16. The van der Waals surface area contributed by atoms with E-state index in [0.29, 0.717) is 29.2 Å². The van der Waals surface area contributed by atoms with E-state index in [9.17, 15) is 18.6 Å². The highest BCUT2D eigenvalue weighted by Crippen LogP contribution is 2.39. The second-order valence-corrected chi connectivity index (χ2v) is 8.99. The normalized spacial score (nSPS) is 24.1. The maximum absolute atomic E-state index is 11.6. The highest BCUT2D eigenvalue weighted by Gasteiger charge is 2.47. The Morgan fingerprint density at radius 2 is 2.00 bits per heavy atom. The van der Waals surface area contributed by atoms with Crippen molar-refractivity contribution in [3.63, 3.8) is 0 Å². The van der Waals surface area contributed by atoms with Crippen LogP contribution in [0.4, 0.5) is 5.82 Å². The summed E-state index contributed by atoms with van der Waals surface area (Å²) in [4.78, 5) is 16.7. The molecule has 4 heterocycles. The monoisotopic (exact) mass is 453 g/mol. The average Bonchev–Trinajstić information content (AvgIpc) is 3.47. The van der Waals surface area contributed by atoms with E-state index < -0.39 is 34.6 Å². The first-order valence-corrected chi connectivity index (χ1v) is 11.3. The number of aryl methyl sites for hydroxylation is 1. The number of nitrogens with one attached hydrogen (secondary N) is 2. The number of aliphatic hydroxyl groups is 2. The molecule has 3 aromatic rings. The lowest BCUT2D eigenvalue weighted by Crippen LogP contribution is -2.29. The first kappa shape index (κ1) is 21.6. The van der Waals surface area contributed by atoms with Crippen molar-refractivity contribution < 1.29 is 27.8 Å². The predicted molar refractivity (Wildman–Crippen MR) is 107 cm³/mol. The van der Waals surface area contributed by atoms with Gasteiger partial charge in [-0.2, -0.15) is 0 Å². The summed E-state index contributed by atoms with van der Waals surface area (Å²) in [6.45, 7) is 2.01. The van der Waals surface area contributed by atoms with Gasteiger partial charge in [-0.15, -0.1) is 0 Å². The van der Waals surface area contributed by atoms with Gasteiger partial charge < -0.3 is 24.7 Å². The van der Waals surface area contributed by atoms with Crippen molar-refractivity contribution in [2.24, 2.45) is 0 Å². The molecule has 168 valence electrons. The number of fused-ring (bicyclic) bond motifs is 1. The van der Waals surface area contributed by atoms with Crippen molar-refractivity contribution >= 4 is 27.0 Å². The third-order valence-electron chi connectivity index (χ3n) is 5.01. The molecule has 0 spiro atoms. The zero-order chi connectivity index (χ0) is 22.2. The number of anilines is 1. The Morgan fingerprint density at radius 3 is 2.71 bits per heavy atom. The lowest BCUT2D eigenvalue weighted by molar-refractivity contribution is -0.0439. The van der Waals surface area contributed by atoms with Crippen molar-refractivity contribution in [1.82, 2.24) is 29.2 Å². The Labute approximate surface area is 177 Å². The zero-order valence-corrected chi connectivity index (χ0v) is 17.7. The van der Waals surface area contributed by atoms with E-state index in [1.165, 1.54) is 24.3 Å². The average molecular weight is 453 g/mol. The molecule has 3 aromatic heterocycles. The molecule has 4 N–H and O–H groups in total. The first-order chi connectivity index (χ1) is 14.8. The van der Waals surface area contributed by atoms with Crippen molar-refractivity contribution in [3.05, 3.63) is 30.5 Å². The number of aromatic nitrogens is 5. The van der Waals surface area contributed by atoms with Crippen LogP contribution in [0.25, 0.3) is 11.2 Å². The Hall–Kier alpha value is -2.65. The van der Waals surface area contributed by atoms with E-state index in [0.717, 1.165) is 0 Å². The zero-order valence-electron chi connectivity index (χ0n) is 16.8. The van der Waals surface area contributed by atoms with Crippen molar-refractivity contribution in [1.29, 1.82) is 0 Å². The lowest BCUT2D eigenvalue weighted by atomic mass is 10.1. The second-order valence-electron chi connectivity index (χ2n) is 6.94. The molecule has 1 aliphatic rings. The van der Waals surface area contributed by atoms with Gasteiger partial charge in [0, 0.05) is 13.0 Å². The van der Waals surface area contributed by atoms with Gasteiger partial charge in [0.2, 0.25) is 15.9 Å². The molecule has 0 aliphatic carbocycles. The standard InChI is InChI=1S/C17H23N7O6S/c1-3-9-6-20-16(29-9)13-11(25)12(26)17(30-13)24-8-23-10-14(21-7-22-15(10)24)19-4-5-31(27,28)18-2/h6-8,11-13,17-18,25-26H,3-5H2,1-2H3,(H,19,21,22)/t11-,12-,13-,17+/m0/s1. The van der Waals surface area contributed by atoms with E-state index >= 15 is 0 Å². The molecular formula is C17H23N7O6S. The fourth-order valence-corrected chi connectivity index (χ4v) is 3.86. The summed E-state index contributed by atoms with van der Waals surface area (Å²) in [5.74, 6) is 1.00. The molecule has 1 saturated heterocycles. The molecule has 14 heteroatoms. The third kappa shape index (κ3) is 4.12. The maximum Gasteiger partial charge on any atom is 0.226 e. The van der Waals surface area contributed by atoms with Gasteiger partial charge in [-0.1, -0.05) is 6.92 Å². The number of sulfonamides is 1.